The van der Waals surface area contributed by atoms with E-state index in [0.717, 1.165) is 11.1 Å². The lowest BCUT2D eigenvalue weighted by Crippen LogP contribution is -1.95. The van der Waals surface area contributed by atoms with Crippen molar-refractivity contribution in [1.29, 1.82) is 0 Å². The molecule has 2 heteroatoms. The predicted octanol–water partition coefficient (Wildman–Crippen LogP) is 3.40. The minimum atomic E-state index is -0.453. The lowest BCUT2D eigenvalue weighted by molar-refractivity contribution is 1.65. The Morgan fingerprint density at radius 1 is 0.667 bits per heavy atom. The number of halogens is 1. The summed E-state index contributed by atoms with van der Waals surface area (Å²) in [5.74, 6) is 11.8. The number of hydrogen-bond donors (Lipinski definition) is 0. The molecule has 0 bridgehead atoms. The largest absolute Gasteiger partial charge is 0.414 e. The van der Waals surface area contributed by atoms with E-state index < -0.39 is 6.13 Å². The van der Waals surface area contributed by atoms with Gasteiger partial charge in [-0.15, -0.1) is 11.6 Å². The summed E-state index contributed by atoms with van der Waals surface area (Å²) < 4.78 is 0. The van der Waals surface area contributed by atoms with Gasteiger partial charge < -0.3 is 0 Å². The Morgan fingerprint density at radius 2 is 1.06 bits per heavy atom. The van der Waals surface area contributed by atoms with E-state index in [0.29, 0.717) is 0 Å². The Labute approximate surface area is 113 Å². The fourth-order valence-electron chi connectivity index (χ4n) is 1.37. The second-order valence-corrected chi connectivity index (χ2v) is 4.07. The van der Waals surface area contributed by atoms with Crippen molar-refractivity contribution in [3.63, 3.8) is 0 Å². The predicted molar refractivity (Wildman–Crippen MR) is 78.2 cm³/mol. The zero-order valence-corrected chi connectivity index (χ0v) is 10.5. The summed E-state index contributed by atoms with van der Waals surface area (Å²) in [5.41, 5.74) is 1.90. The third-order valence-corrected chi connectivity index (χ3v) is 2.45. The van der Waals surface area contributed by atoms with E-state index in [2.05, 4.69) is 23.5 Å². The van der Waals surface area contributed by atoms with Crippen LogP contribution in [-0.4, -0.2) is 6.13 Å². The molecule has 0 amide bonds. The van der Waals surface area contributed by atoms with Gasteiger partial charge >= 0.3 is 6.13 Å². The molecule has 0 aromatic heterocycles. The summed E-state index contributed by atoms with van der Waals surface area (Å²) in [6.07, 6.45) is -0.453. The summed E-state index contributed by atoms with van der Waals surface area (Å²) in [4.78, 5) is 0. The van der Waals surface area contributed by atoms with Crippen LogP contribution >= 0.6 is 11.5 Å². The van der Waals surface area contributed by atoms with Gasteiger partial charge in [0.05, 0.1) is 0 Å². The van der Waals surface area contributed by atoms with E-state index in [1.165, 1.54) is 0 Å². The number of benzene rings is 2. The van der Waals surface area contributed by atoms with Crippen molar-refractivity contribution < 1.29 is 0 Å². The summed E-state index contributed by atoms with van der Waals surface area (Å²) in [6, 6.07) is 19.5. The molecule has 0 nitrogen and oxygen atoms in total. The average molecular weight is 249 g/mol. The highest BCUT2D eigenvalue weighted by Crippen LogP contribution is 1.97. The molecule has 0 aliphatic carbocycles. The van der Waals surface area contributed by atoms with Crippen molar-refractivity contribution in [1.82, 2.24) is 0 Å². The molecule has 0 unspecified atom stereocenters. The smallest absolute Gasteiger partial charge is 0.157 e. The molecule has 0 atom stereocenters. The maximum Gasteiger partial charge on any atom is 0.414 e. The van der Waals surface area contributed by atoms with Gasteiger partial charge in [-0.25, -0.2) is 0 Å². The van der Waals surface area contributed by atoms with E-state index in [9.17, 15) is 0 Å². The van der Waals surface area contributed by atoms with Gasteiger partial charge in [-0.3, -0.25) is 0 Å². The Hall–Kier alpha value is -2.09. The molecule has 0 aliphatic heterocycles. The van der Waals surface area contributed by atoms with Crippen LogP contribution in [0.5, 0.6) is 0 Å². The van der Waals surface area contributed by atoms with E-state index >= 15 is 0 Å². The van der Waals surface area contributed by atoms with Gasteiger partial charge in [0, 0.05) is 11.1 Å². The topological polar surface area (TPSA) is 0 Å². The number of hydrogen-bond acceptors (Lipinski definition) is 0. The summed E-state index contributed by atoms with van der Waals surface area (Å²) in [6.45, 7) is 0. The Kier molecular flexibility index (Phi) is 4.54. The van der Waals surface area contributed by atoms with Crippen LogP contribution in [0.3, 0.4) is 0 Å². The van der Waals surface area contributed by atoms with Gasteiger partial charge in [-0.05, 0) is 24.3 Å². The van der Waals surface area contributed by atoms with E-state index in [1.807, 2.05) is 60.7 Å². The fraction of sp³-hybridized carbons (Fsp3) is 0. The van der Waals surface area contributed by atoms with Crippen LogP contribution in [0.2, 0.25) is 0 Å². The van der Waals surface area contributed by atoms with Gasteiger partial charge in [-0.1, -0.05) is 48.2 Å². The van der Waals surface area contributed by atoms with Crippen molar-refractivity contribution in [2.45, 2.75) is 0 Å². The molecule has 2 rings (SSSR count). The third-order valence-electron chi connectivity index (χ3n) is 2.23. The zero-order valence-electron chi connectivity index (χ0n) is 9.73. The van der Waals surface area contributed by atoms with E-state index in [4.69, 9.17) is 11.5 Å². The van der Waals surface area contributed by atoms with Crippen molar-refractivity contribution in [3.05, 3.63) is 71.8 Å². The molecule has 0 N–H and O–H groups in total. The quantitative estimate of drug-likeness (QED) is 0.495. The van der Waals surface area contributed by atoms with Crippen molar-refractivity contribution in [2.75, 3.05) is 0 Å². The normalized spacial score (nSPS) is 8.50. The van der Waals surface area contributed by atoms with Gasteiger partial charge in [0.1, 0.15) is 0 Å². The second-order valence-electron chi connectivity index (χ2n) is 3.63. The van der Waals surface area contributed by atoms with Crippen LogP contribution in [0, 0.1) is 23.5 Å². The zero-order chi connectivity index (χ0) is 12.6. The van der Waals surface area contributed by atoms with Crippen LogP contribution in [0.4, 0.5) is 0 Å². The second kappa shape index (κ2) is 6.60. The lowest BCUT2D eigenvalue weighted by atomic mass is 9.78. The molecule has 0 heterocycles. The summed E-state index contributed by atoms with van der Waals surface area (Å²) in [7, 11) is 0. The van der Waals surface area contributed by atoms with Crippen molar-refractivity contribution in [3.8, 4) is 23.5 Å². The maximum absolute atomic E-state index is 6.03. The summed E-state index contributed by atoms with van der Waals surface area (Å²) in [5, 5.41) is 0. The molecule has 2 aromatic carbocycles. The molecular weight excluding hydrogens is 238 g/mol. The molecule has 0 radical (unpaired) electrons. The average Bonchev–Trinajstić information content (AvgIpc) is 2.45. The van der Waals surface area contributed by atoms with Crippen molar-refractivity contribution in [2.24, 2.45) is 0 Å². The molecule has 0 fully saturated rings. The molecule has 2 aromatic rings. The van der Waals surface area contributed by atoms with Gasteiger partial charge in [-0.2, -0.15) is 11.5 Å². The Morgan fingerprint density at radius 3 is 1.44 bits per heavy atom. The third kappa shape index (κ3) is 4.06. The Bertz CT molecular complexity index is 555. The molecule has 18 heavy (non-hydrogen) atoms. The molecule has 0 saturated carbocycles. The first-order valence-corrected chi connectivity index (χ1v) is 6.05. The minimum absolute atomic E-state index is 0.453. The van der Waals surface area contributed by atoms with Crippen LogP contribution in [0.15, 0.2) is 60.7 Å². The fourth-order valence-corrected chi connectivity index (χ4v) is 1.48. The van der Waals surface area contributed by atoms with Crippen LogP contribution in [0.25, 0.3) is 0 Å². The molecule has 84 valence electrons. The van der Waals surface area contributed by atoms with Gasteiger partial charge in [0.15, 0.2) is 0 Å². The highest BCUT2D eigenvalue weighted by atomic mass is 35.5. The van der Waals surface area contributed by atoms with Crippen LogP contribution in [0.1, 0.15) is 11.1 Å². The lowest BCUT2D eigenvalue weighted by Gasteiger charge is -1.88. The standard InChI is InChI=1S/C16H10BCl/c18-17(13-11-15-7-3-1-4-8-15)14-12-16-9-5-2-6-10-16/h1-10H. The van der Waals surface area contributed by atoms with Crippen molar-refractivity contribution >= 4 is 17.6 Å². The van der Waals surface area contributed by atoms with Crippen LogP contribution < -0.4 is 0 Å². The van der Waals surface area contributed by atoms with Gasteiger partial charge in [0.25, 0.3) is 0 Å². The molecular formula is C16H10BCl. The maximum atomic E-state index is 6.03. The monoisotopic (exact) mass is 248 g/mol. The van der Waals surface area contributed by atoms with Gasteiger partial charge in [0.2, 0.25) is 0 Å². The SMILES string of the molecule is ClB(C#Cc1ccccc1)C#Cc1ccccc1. The molecule has 0 spiro atoms. The highest BCUT2D eigenvalue weighted by molar-refractivity contribution is 7.16. The van der Waals surface area contributed by atoms with E-state index in [-0.39, 0.29) is 0 Å². The van der Waals surface area contributed by atoms with Crippen LogP contribution in [-0.2, 0) is 0 Å². The highest BCUT2D eigenvalue weighted by Gasteiger charge is 1.99. The molecule has 0 aliphatic rings. The number of rotatable bonds is 0. The minimum Gasteiger partial charge on any atom is -0.157 e. The Balaban J connectivity index is 2.04. The first-order valence-electron chi connectivity index (χ1n) is 5.62. The first-order chi connectivity index (χ1) is 8.84. The molecule has 0 saturated heterocycles. The van der Waals surface area contributed by atoms with E-state index in [1.54, 1.807) is 0 Å². The summed E-state index contributed by atoms with van der Waals surface area (Å²) >= 11 is 6.03. The first kappa shape index (κ1) is 12.4.